The third kappa shape index (κ3) is 2.95. The van der Waals surface area contributed by atoms with Crippen LogP contribution in [0.3, 0.4) is 0 Å². The van der Waals surface area contributed by atoms with E-state index in [0.29, 0.717) is 11.8 Å². The van der Waals surface area contributed by atoms with Gasteiger partial charge in [0.15, 0.2) is 0 Å². The van der Waals surface area contributed by atoms with Crippen LogP contribution in [0.2, 0.25) is 0 Å². The normalized spacial score (nSPS) is 19.0. The maximum absolute atomic E-state index is 5.01. The van der Waals surface area contributed by atoms with Crippen LogP contribution in [0.5, 0.6) is 0 Å². The van der Waals surface area contributed by atoms with Crippen molar-refractivity contribution in [3.05, 3.63) is 41.7 Å². The molecule has 1 saturated heterocycles. The third-order valence-electron chi connectivity index (χ3n) is 4.56. The van der Waals surface area contributed by atoms with E-state index in [1.165, 1.54) is 35.3 Å². The van der Waals surface area contributed by atoms with Gasteiger partial charge in [0.05, 0.1) is 11.0 Å². The van der Waals surface area contributed by atoms with Gasteiger partial charge in [-0.1, -0.05) is 32.1 Å². The molecule has 1 aliphatic heterocycles. The highest BCUT2D eigenvalue weighted by Crippen LogP contribution is 2.29. The first-order valence-corrected chi connectivity index (χ1v) is 8.41. The first-order chi connectivity index (χ1) is 10.6. The quantitative estimate of drug-likeness (QED) is 0.857. The topological polar surface area (TPSA) is 29.9 Å². The van der Waals surface area contributed by atoms with Crippen molar-refractivity contribution in [3.63, 3.8) is 0 Å². The second kappa shape index (κ2) is 6.25. The Kier molecular flexibility index (Phi) is 4.34. The van der Waals surface area contributed by atoms with Crippen LogP contribution in [0, 0.1) is 0 Å². The molecule has 1 unspecified atom stereocenters. The average Bonchev–Trinajstić information content (AvgIpc) is 2.85. The summed E-state index contributed by atoms with van der Waals surface area (Å²) in [5, 5.41) is 3.51. The van der Waals surface area contributed by atoms with Gasteiger partial charge in [-0.05, 0) is 49.9 Å². The highest BCUT2D eigenvalue weighted by atomic mass is 15.1. The number of rotatable bonds is 4. The molecule has 1 aliphatic rings. The van der Waals surface area contributed by atoms with Crippen LogP contribution < -0.4 is 5.32 Å². The van der Waals surface area contributed by atoms with Gasteiger partial charge in [0.25, 0.3) is 0 Å². The monoisotopic (exact) mass is 297 g/mol. The van der Waals surface area contributed by atoms with Crippen LogP contribution in [0.1, 0.15) is 56.8 Å². The van der Waals surface area contributed by atoms with E-state index in [4.69, 9.17) is 4.98 Å². The second-order valence-electron chi connectivity index (χ2n) is 6.96. The molecule has 0 aliphatic carbocycles. The minimum absolute atomic E-state index is 0.517. The van der Waals surface area contributed by atoms with Crippen LogP contribution in [-0.2, 0) is 6.54 Å². The van der Waals surface area contributed by atoms with Crippen molar-refractivity contribution in [1.29, 1.82) is 0 Å². The van der Waals surface area contributed by atoms with Crippen LogP contribution in [0.4, 0.5) is 0 Å². The number of fused-ring (bicyclic) bond motifs is 1. The Bertz CT molecular complexity index is 675. The summed E-state index contributed by atoms with van der Waals surface area (Å²) in [7, 11) is 0. The number of imidazole rings is 1. The Morgan fingerprint density at radius 1 is 1.45 bits per heavy atom. The molecule has 0 spiro atoms. The smallest absolute Gasteiger partial charge is 0.114 e. The molecule has 0 radical (unpaired) electrons. The van der Waals surface area contributed by atoms with E-state index in [1.807, 2.05) is 0 Å². The molecule has 1 atom stereocenters. The molecule has 2 heterocycles. The van der Waals surface area contributed by atoms with Gasteiger partial charge in [0.2, 0.25) is 0 Å². The first-order valence-electron chi connectivity index (χ1n) is 8.41. The Morgan fingerprint density at radius 3 is 2.91 bits per heavy atom. The molecule has 2 aromatic rings. The van der Waals surface area contributed by atoms with Gasteiger partial charge in [-0.3, -0.25) is 0 Å². The molecular formula is C19H27N3. The van der Waals surface area contributed by atoms with Gasteiger partial charge in [-0.25, -0.2) is 4.98 Å². The number of nitrogens with zero attached hydrogens (tertiary/aromatic N) is 2. The van der Waals surface area contributed by atoms with Gasteiger partial charge < -0.3 is 9.88 Å². The molecule has 1 aromatic heterocycles. The summed E-state index contributed by atoms with van der Waals surface area (Å²) in [6.07, 6.45) is 2.46. The lowest BCUT2D eigenvalue weighted by molar-refractivity contribution is 0.437. The Morgan fingerprint density at radius 2 is 2.27 bits per heavy atom. The fraction of sp³-hybridized carbons (Fsp3) is 0.526. The number of piperidine rings is 1. The van der Waals surface area contributed by atoms with E-state index >= 15 is 0 Å². The van der Waals surface area contributed by atoms with Crippen LogP contribution in [0.15, 0.2) is 30.4 Å². The molecule has 1 aromatic carbocycles. The van der Waals surface area contributed by atoms with Crippen molar-refractivity contribution in [1.82, 2.24) is 14.9 Å². The average molecular weight is 297 g/mol. The Balaban J connectivity index is 2.09. The van der Waals surface area contributed by atoms with Crippen molar-refractivity contribution in [2.75, 3.05) is 13.1 Å². The van der Waals surface area contributed by atoms with Crippen molar-refractivity contribution >= 4 is 11.0 Å². The van der Waals surface area contributed by atoms with Gasteiger partial charge in [0, 0.05) is 19.0 Å². The molecule has 118 valence electrons. The van der Waals surface area contributed by atoms with E-state index in [9.17, 15) is 0 Å². The zero-order valence-electron chi connectivity index (χ0n) is 14.0. The standard InChI is InChI=1S/C19H27N3/c1-13(2)12-22-18-8-7-15(14(3)4)10-17(18)21-19(22)16-6-5-9-20-11-16/h7-8,10,14,16,20H,1,5-6,9,11-12H2,2-4H3. The molecule has 0 bridgehead atoms. The summed E-state index contributed by atoms with van der Waals surface area (Å²) in [5.41, 5.74) is 4.92. The Hall–Kier alpha value is -1.61. The summed E-state index contributed by atoms with van der Waals surface area (Å²) in [6, 6.07) is 6.74. The second-order valence-corrected chi connectivity index (χ2v) is 6.96. The summed E-state index contributed by atoms with van der Waals surface area (Å²) in [5.74, 6) is 2.28. The molecule has 0 saturated carbocycles. The van der Waals surface area contributed by atoms with E-state index in [-0.39, 0.29) is 0 Å². The summed E-state index contributed by atoms with van der Waals surface area (Å²) in [6.45, 7) is 13.7. The minimum atomic E-state index is 0.517. The molecule has 3 heteroatoms. The maximum atomic E-state index is 5.01. The van der Waals surface area contributed by atoms with Crippen molar-refractivity contribution in [3.8, 4) is 0 Å². The summed E-state index contributed by atoms with van der Waals surface area (Å²) < 4.78 is 2.37. The lowest BCUT2D eigenvalue weighted by Crippen LogP contribution is -2.30. The van der Waals surface area contributed by atoms with Crippen molar-refractivity contribution in [2.24, 2.45) is 0 Å². The number of hydrogen-bond donors (Lipinski definition) is 1. The molecular weight excluding hydrogens is 270 g/mol. The minimum Gasteiger partial charge on any atom is -0.324 e. The predicted octanol–water partition coefficient (Wildman–Crippen LogP) is 4.20. The SMILES string of the molecule is C=C(C)Cn1c(C2CCCNC2)nc2cc(C(C)C)ccc21. The zero-order valence-corrected chi connectivity index (χ0v) is 14.0. The lowest BCUT2D eigenvalue weighted by Gasteiger charge is -2.23. The largest absolute Gasteiger partial charge is 0.324 e. The molecule has 3 nitrogen and oxygen atoms in total. The molecule has 1 N–H and O–H groups in total. The van der Waals surface area contributed by atoms with Gasteiger partial charge >= 0.3 is 0 Å². The number of nitrogens with one attached hydrogen (secondary N) is 1. The van der Waals surface area contributed by atoms with Crippen molar-refractivity contribution in [2.45, 2.75) is 52.0 Å². The van der Waals surface area contributed by atoms with Gasteiger partial charge in [-0.2, -0.15) is 0 Å². The fourth-order valence-electron chi connectivity index (χ4n) is 3.34. The fourth-order valence-corrected chi connectivity index (χ4v) is 3.34. The predicted molar refractivity (Wildman–Crippen MR) is 93.5 cm³/mol. The molecule has 3 rings (SSSR count). The van der Waals surface area contributed by atoms with Crippen LogP contribution >= 0.6 is 0 Å². The molecule has 1 fully saturated rings. The summed E-state index contributed by atoms with van der Waals surface area (Å²) in [4.78, 5) is 5.01. The number of allylic oxidation sites excluding steroid dienone is 1. The number of benzene rings is 1. The lowest BCUT2D eigenvalue weighted by atomic mass is 9.99. The van der Waals surface area contributed by atoms with Gasteiger partial charge in [0.1, 0.15) is 5.82 Å². The molecule has 0 amide bonds. The Labute approximate surface area is 133 Å². The van der Waals surface area contributed by atoms with Crippen molar-refractivity contribution < 1.29 is 0 Å². The number of hydrogen-bond acceptors (Lipinski definition) is 2. The van der Waals surface area contributed by atoms with E-state index in [0.717, 1.165) is 25.2 Å². The summed E-state index contributed by atoms with van der Waals surface area (Å²) >= 11 is 0. The first kappa shape index (κ1) is 15.3. The van der Waals surface area contributed by atoms with Crippen LogP contribution in [0.25, 0.3) is 11.0 Å². The number of aromatic nitrogens is 2. The van der Waals surface area contributed by atoms with E-state index in [2.05, 4.69) is 55.4 Å². The third-order valence-corrected chi connectivity index (χ3v) is 4.56. The zero-order chi connectivity index (χ0) is 15.7. The van der Waals surface area contributed by atoms with E-state index < -0.39 is 0 Å². The highest BCUT2D eigenvalue weighted by molar-refractivity contribution is 5.77. The highest BCUT2D eigenvalue weighted by Gasteiger charge is 2.22. The molecule has 22 heavy (non-hydrogen) atoms. The van der Waals surface area contributed by atoms with Crippen LogP contribution in [-0.4, -0.2) is 22.6 Å². The van der Waals surface area contributed by atoms with E-state index in [1.54, 1.807) is 0 Å². The maximum Gasteiger partial charge on any atom is 0.114 e. The van der Waals surface area contributed by atoms with Gasteiger partial charge in [-0.15, -0.1) is 0 Å².